The van der Waals surface area contributed by atoms with E-state index in [0.29, 0.717) is 12.1 Å². The van der Waals surface area contributed by atoms with E-state index in [1.54, 1.807) is 12.4 Å². The number of benzene rings is 1. The molecule has 0 bridgehead atoms. The Kier molecular flexibility index (Phi) is 5.70. The Balaban J connectivity index is 1.53. The van der Waals surface area contributed by atoms with Crippen molar-refractivity contribution in [1.29, 1.82) is 0 Å². The van der Waals surface area contributed by atoms with Crippen molar-refractivity contribution >= 4 is 5.91 Å². The van der Waals surface area contributed by atoms with Crippen molar-refractivity contribution in [2.45, 2.75) is 39.0 Å². The Bertz CT molecular complexity index is 1000. The molecule has 1 amide bonds. The van der Waals surface area contributed by atoms with Gasteiger partial charge in [0.05, 0.1) is 5.56 Å². The van der Waals surface area contributed by atoms with Gasteiger partial charge in [0.15, 0.2) is 0 Å². The summed E-state index contributed by atoms with van der Waals surface area (Å²) in [6.45, 7) is 5.70. The summed E-state index contributed by atoms with van der Waals surface area (Å²) < 4.78 is 0. The van der Waals surface area contributed by atoms with Gasteiger partial charge in [-0.2, -0.15) is 0 Å². The minimum absolute atomic E-state index is 0.0652. The lowest BCUT2D eigenvalue weighted by Crippen LogP contribution is -2.39. The van der Waals surface area contributed by atoms with E-state index < -0.39 is 0 Å². The molecule has 1 fully saturated rings. The monoisotopic (exact) mass is 385 g/mol. The van der Waals surface area contributed by atoms with Crippen molar-refractivity contribution in [3.05, 3.63) is 94.6 Å². The van der Waals surface area contributed by atoms with Gasteiger partial charge in [-0.1, -0.05) is 29.8 Å². The summed E-state index contributed by atoms with van der Waals surface area (Å²) in [6.07, 6.45) is 6.32. The molecule has 0 spiro atoms. The zero-order valence-electron chi connectivity index (χ0n) is 17.1. The van der Waals surface area contributed by atoms with Crippen LogP contribution in [0.1, 0.15) is 57.2 Å². The van der Waals surface area contributed by atoms with Gasteiger partial charge < -0.3 is 4.90 Å². The molecule has 3 heterocycles. The highest BCUT2D eigenvalue weighted by atomic mass is 16.2. The number of rotatable bonds is 4. The van der Waals surface area contributed by atoms with E-state index in [2.05, 4.69) is 55.2 Å². The van der Waals surface area contributed by atoms with Crippen molar-refractivity contribution < 1.29 is 4.79 Å². The van der Waals surface area contributed by atoms with Gasteiger partial charge in [-0.05, 0) is 68.5 Å². The largest absolute Gasteiger partial charge is 0.338 e. The zero-order chi connectivity index (χ0) is 20.2. The second-order valence-corrected chi connectivity index (χ2v) is 8.04. The number of carbonyl (C=O) groups is 1. The molecule has 4 nitrogen and oxygen atoms in total. The van der Waals surface area contributed by atoms with Crippen LogP contribution in [0.5, 0.6) is 0 Å². The maximum Gasteiger partial charge on any atom is 0.255 e. The number of hydrogen-bond donors (Lipinski definition) is 0. The highest BCUT2D eigenvalue weighted by Gasteiger charge is 2.26. The Hall–Kier alpha value is -3.01. The molecule has 1 saturated heterocycles. The summed E-state index contributed by atoms with van der Waals surface area (Å²) in [5, 5.41) is 0. The molecule has 1 atom stereocenters. The van der Waals surface area contributed by atoms with Crippen molar-refractivity contribution in [1.82, 2.24) is 14.9 Å². The molecule has 0 aliphatic carbocycles. The quantitative estimate of drug-likeness (QED) is 0.654. The van der Waals surface area contributed by atoms with Crippen LogP contribution >= 0.6 is 0 Å². The van der Waals surface area contributed by atoms with Gasteiger partial charge in [0.25, 0.3) is 5.91 Å². The first-order valence-electron chi connectivity index (χ1n) is 10.3. The van der Waals surface area contributed by atoms with E-state index in [-0.39, 0.29) is 11.8 Å². The Labute approximate surface area is 172 Å². The number of likely N-dealkylation sites (tertiary alicyclic amines) is 1. The van der Waals surface area contributed by atoms with Crippen LogP contribution in [0.15, 0.2) is 60.9 Å². The predicted molar refractivity (Wildman–Crippen MR) is 115 cm³/mol. The number of aryl methyl sites for hydroxylation is 2. The number of aromatic nitrogens is 2. The van der Waals surface area contributed by atoms with Gasteiger partial charge >= 0.3 is 0 Å². The molecule has 0 N–H and O–H groups in total. The maximum absolute atomic E-state index is 12.8. The summed E-state index contributed by atoms with van der Waals surface area (Å²) in [5.41, 5.74) is 6.69. The summed E-state index contributed by atoms with van der Waals surface area (Å²) >= 11 is 0. The van der Waals surface area contributed by atoms with Crippen molar-refractivity contribution in [2.24, 2.45) is 0 Å². The third-order valence-corrected chi connectivity index (χ3v) is 5.56. The average molecular weight is 386 g/mol. The minimum Gasteiger partial charge on any atom is -0.338 e. The SMILES string of the molecule is Cc1cccc(Cc2cc(C)nc([C@@H]3CCCN(C(=O)c4cccnc4)C3)c2)c1. The van der Waals surface area contributed by atoms with Gasteiger partial charge in [0.2, 0.25) is 0 Å². The second-order valence-electron chi connectivity index (χ2n) is 8.04. The van der Waals surface area contributed by atoms with Gasteiger partial charge in [-0.25, -0.2) is 0 Å². The van der Waals surface area contributed by atoms with E-state index in [4.69, 9.17) is 4.98 Å². The van der Waals surface area contributed by atoms with Crippen LogP contribution in [0, 0.1) is 13.8 Å². The molecule has 1 aliphatic heterocycles. The molecule has 1 aliphatic rings. The number of nitrogens with zero attached hydrogens (tertiary/aromatic N) is 3. The Morgan fingerprint density at radius 3 is 2.79 bits per heavy atom. The van der Waals surface area contributed by atoms with Gasteiger partial charge in [0, 0.05) is 42.8 Å². The van der Waals surface area contributed by atoms with Crippen LogP contribution in [0.3, 0.4) is 0 Å². The number of pyridine rings is 2. The molecule has 4 heteroatoms. The van der Waals surface area contributed by atoms with Gasteiger partial charge in [0.1, 0.15) is 0 Å². The second kappa shape index (κ2) is 8.56. The van der Waals surface area contributed by atoms with E-state index >= 15 is 0 Å². The Morgan fingerprint density at radius 2 is 2.00 bits per heavy atom. The fraction of sp³-hybridized carbons (Fsp3) is 0.320. The van der Waals surface area contributed by atoms with E-state index in [0.717, 1.165) is 37.2 Å². The van der Waals surface area contributed by atoms with E-state index in [9.17, 15) is 4.79 Å². The molecular weight excluding hydrogens is 358 g/mol. The highest BCUT2D eigenvalue weighted by Crippen LogP contribution is 2.28. The highest BCUT2D eigenvalue weighted by molar-refractivity contribution is 5.94. The molecular formula is C25H27N3O. The van der Waals surface area contributed by atoms with Crippen LogP contribution in [0.2, 0.25) is 0 Å². The van der Waals surface area contributed by atoms with Crippen LogP contribution in [-0.2, 0) is 6.42 Å². The fourth-order valence-electron chi connectivity index (χ4n) is 4.21. The molecule has 3 aromatic rings. The summed E-state index contributed by atoms with van der Waals surface area (Å²) in [6, 6.07) is 16.7. The van der Waals surface area contributed by atoms with Crippen molar-refractivity contribution in [2.75, 3.05) is 13.1 Å². The lowest BCUT2D eigenvalue weighted by Gasteiger charge is -2.32. The number of carbonyl (C=O) groups excluding carboxylic acids is 1. The summed E-state index contributed by atoms with van der Waals surface area (Å²) in [4.78, 5) is 23.7. The van der Waals surface area contributed by atoms with E-state index in [1.807, 2.05) is 17.0 Å². The fourth-order valence-corrected chi connectivity index (χ4v) is 4.21. The molecule has 0 saturated carbocycles. The topological polar surface area (TPSA) is 46.1 Å². The van der Waals surface area contributed by atoms with E-state index in [1.165, 1.54) is 16.7 Å². The Morgan fingerprint density at radius 1 is 1.10 bits per heavy atom. The van der Waals surface area contributed by atoms with Gasteiger partial charge in [-0.3, -0.25) is 14.8 Å². The van der Waals surface area contributed by atoms with Crippen LogP contribution < -0.4 is 0 Å². The third-order valence-electron chi connectivity index (χ3n) is 5.56. The lowest BCUT2D eigenvalue weighted by molar-refractivity contribution is 0.0705. The first kappa shape index (κ1) is 19.3. The van der Waals surface area contributed by atoms with Crippen molar-refractivity contribution in [3.8, 4) is 0 Å². The molecule has 0 unspecified atom stereocenters. The molecule has 0 radical (unpaired) electrons. The zero-order valence-corrected chi connectivity index (χ0v) is 17.1. The van der Waals surface area contributed by atoms with Gasteiger partial charge in [-0.15, -0.1) is 0 Å². The first-order chi connectivity index (χ1) is 14.1. The maximum atomic E-state index is 12.8. The number of amides is 1. The van der Waals surface area contributed by atoms with Crippen LogP contribution in [-0.4, -0.2) is 33.9 Å². The molecule has 29 heavy (non-hydrogen) atoms. The average Bonchev–Trinajstić information content (AvgIpc) is 2.73. The molecule has 148 valence electrons. The van der Waals surface area contributed by atoms with Crippen LogP contribution in [0.25, 0.3) is 0 Å². The molecule has 2 aromatic heterocycles. The smallest absolute Gasteiger partial charge is 0.255 e. The molecule has 1 aromatic carbocycles. The predicted octanol–water partition coefficient (Wildman–Crippen LogP) is 4.70. The summed E-state index contributed by atoms with van der Waals surface area (Å²) in [7, 11) is 0. The minimum atomic E-state index is 0.0652. The number of piperidine rings is 1. The lowest BCUT2D eigenvalue weighted by atomic mass is 9.92. The number of hydrogen-bond acceptors (Lipinski definition) is 3. The molecule has 4 rings (SSSR count). The van der Waals surface area contributed by atoms with Crippen molar-refractivity contribution in [3.63, 3.8) is 0 Å². The first-order valence-corrected chi connectivity index (χ1v) is 10.3. The summed E-state index contributed by atoms with van der Waals surface area (Å²) in [5.74, 6) is 0.343. The standard InChI is InChI=1S/C25H27N3O/c1-18-6-3-7-20(12-18)14-21-13-19(2)27-24(15-21)23-9-5-11-28(17-23)25(29)22-8-4-10-26-16-22/h3-4,6-8,10,12-13,15-16,23H,5,9,11,14,17H2,1-2H3/t23-/m1/s1. The van der Waals surface area contributed by atoms with Crippen LogP contribution in [0.4, 0.5) is 0 Å². The third kappa shape index (κ3) is 4.70. The normalized spacial score (nSPS) is 16.6.